The van der Waals surface area contributed by atoms with Gasteiger partial charge in [-0.05, 0) is 12.3 Å². The number of aromatic nitrogens is 4. The molecule has 0 radical (unpaired) electrons. The smallest absolute Gasteiger partial charge is 0.240 e. The van der Waals surface area contributed by atoms with E-state index in [4.69, 9.17) is 4.52 Å². The van der Waals surface area contributed by atoms with E-state index < -0.39 is 0 Å². The monoisotopic (exact) mass is 346 g/mol. The summed E-state index contributed by atoms with van der Waals surface area (Å²) in [7, 11) is 0. The fourth-order valence-corrected chi connectivity index (χ4v) is 2.78. The second-order valence-electron chi connectivity index (χ2n) is 7.16. The highest BCUT2D eigenvalue weighted by Crippen LogP contribution is 2.18. The van der Waals surface area contributed by atoms with E-state index in [1.165, 1.54) is 0 Å². The van der Waals surface area contributed by atoms with Gasteiger partial charge in [0.15, 0.2) is 5.82 Å². The first kappa shape index (κ1) is 17.6. The Balaban J connectivity index is 1.49. The highest BCUT2D eigenvalue weighted by atomic mass is 16.5. The Bertz CT molecular complexity index is 733. The first-order valence-electron chi connectivity index (χ1n) is 8.86. The molecular formula is C17H26N6O2. The van der Waals surface area contributed by atoms with Crippen molar-refractivity contribution in [2.75, 3.05) is 11.9 Å². The van der Waals surface area contributed by atoms with Crippen molar-refractivity contribution in [1.29, 1.82) is 0 Å². The summed E-state index contributed by atoms with van der Waals surface area (Å²) in [6, 6.07) is 1.97. The number of carbonyl (C=O) groups excluding carboxylic acids is 1. The summed E-state index contributed by atoms with van der Waals surface area (Å²) in [4.78, 5) is 16.7. The van der Waals surface area contributed by atoms with Gasteiger partial charge in [-0.2, -0.15) is 5.10 Å². The van der Waals surface area contributed by atoms with Gasteiger partial charge in [-0.25, -0.2) is 9.67 Å². The molecule has 1 atom stereocenters. The molecular weight excluding hydrogens is 320 g/mol. The van der Waals surface area contributed by atoms with Gasteiger partial charge in [0.25, 0.3) is 0 Å². The van der Waals surface area contributed by atoms with Crippen LogP contribution in [0.4, 0.5) is 5.88 Å². The van der Waals surface area contributed by atoms with Crippen LogP contribution in [-0.2, 0) is 17.8 Å². The van der Waals surface area contributed by atoms with Crippen LogP contribution in [0.5, 0.6) is 0 Å². The molecule has 0 aliphatic carbocycles. The fourth-order valence-electron chi connectivity index (χ4n) is 2.78. The maximum Gasteiger partial charge on any atom is 0.240 e. The van der Waals surface area contributed by atoms with E-state index in [1.807, 2.05) is 18.5 Å². The second-order valence-corrected chi connectivity index (χ2v) is 7.16. The molecule has 8 nitrogen and oxygen atoms in total. The molecule has 8 heteroatoms. The summed E-state index contributed by atoms with van der Waals surface area (Å²) in [5.41, 5.74) is 0.829. The zero-order valence-electron chi connectivity index (χ0n) is 15.2. The molecule has 0 saturated heterocycles. The van der Waals surface area contributed by atoms with Crippen molar-refractivity contribution in [3.8, 4) is 0 Å². The molecule has 1 amide bonds. The third-order valence-corrected chi connectivity index (χ3v) is 4.32. The Morgan fingerprint density at radius 3 is 2.84 bits per heavy atom. The number of aryl methyl sites for hydroxylation is 1. The van der Waals surface area contributed by atoms with Gasteiger partial charge in [0.2, 0.25) is 11.8 Å². The zero-order valence-corrected chi connectivity index (χ0v) is 15.2. The van der Waals surface area contributed by atoms with Gasteiger partial charge in [0.1, 0.15) is 5.82 Å². The average molecular weight is 346 g/mol. The lowest BCUT2D eigenvalue weighted by atomic mass is 10.1. The van der Waals surface area contributed by atoms with E-state index >= 15 is 0 Å². The molecule has 2 aromatic rings. The number of nitrogens with zero attached hydrogens (tertiary/aromatic N) is 4. The van der Waals surface area contributed by atoms with Gasteiger partial charge in [-0.3, -0.25) is 10.1 Å². The minimum absolute atomic E-state index is 0.140. The van der Waals surface area contributed by atoms with Gasteiger partial charge in [-0.1, -0.05) is 32.9 Å². The molecule has 0 unspecified atom stereocenters. The number of hydrogen-bond acceptors (Lipinski definition) is 6. The lowest BCUT2D eigenvalue weighted by molar-refractivity contribution is -0.115. The van der Waals surface area contributed by atoms with Gasteiger partial charge in [-0.15, -0.1) is 0 Å². The van der Waals surface area contributed by atoms with E-state index in [9.17, 15) is 4.79 Å². The molecule has 25 heavy (non-hydrogen) atoms. The Kier molecular flexibility index (Phi) is 5.17. The standard InChI is InChI=1S/C17H26N6O2/c1-10(2)13-7-16(25-22-13)20-15(24)8-18-12-5-6-14-19-17(11(3)4)21-23(14)9-12/h7,10-12,18H,5-6,8-9H2,1-4H3,(H,20,24)/t12-/m0/s1. The molecule has 0 aromatic carbocycles. The minimum atomic E-state index is -0.140. The molecule has 1 aliphatic heterocycles. The summed E-state index contributed by atoms with van der Waals surface area (Å²) in [6.07, 6.45) is 1.82. The van der Waals surface area contributed by atoms with Gasteiger partial charge < -0.3 is 9.84 Å². The minimum Gasteiger partial charge on any atom is -0.338 e. The van der Waals surface area contributed by atoms with Crippen molar-refractivity contribution in [2.24, 2.45) is 0 Å². The van der Waals surface area contributed by atoms with Crippen LogP contribution >= 0.6 is 0 Å². The van der Waals surface area contributed by atoms with Crippen LogP contribution in [0.15, 0.2) is 10.6 Å². The van der Waals surface area contributed by atoms with Crippen molar-refractivity contribution in [3.63, 3.8) is 0 Å². The summed E-state index contributed by atoms with van der Waals surface area (Å²) in [6.45, 7) is 9.20. The number of rotatable bonds is 6. The summed E-state index contributed by atoms with van der Waals surface area (Å²) in [5, 5.41) is 14.5. The van der Waals surface area contributed by atoms with Crippen LogP contribution < -0.4 is 10.6 Å². The predicted octanol–water partition coefficient (Wildman–Crippen LogP) is 2.06. The van der Waals surface area contributed by atoms with Crippen molar-refractivity contribution in [2.45, 2.75) is 65.0 Å². The number of hydrogen-bond donors (Lipinski definition) is 2. The average Bonchev–Trinajstić information content (AvgIpc) is 3.19. The first-order valence-corrected chi connectivity index (χ1v) is 8.86. The van der Waals surface area contributed by atoms with Crippen LogP contribution in [0, 0.1) is 0 Å². The lowest BCUT2D eigenvalue weighted by Gasteiger charge is -2.23. The highest BCUT2D eigenvalue weighted by Gasteiger charge is 2.22. The topological polar surface area (TPSA) is 97.9 Å². The van der Waals surface area contributed by atoms with Gasteiger partial charge in [0, 0.05) is 24.4 Å². The molecule has 2 N–H and O–H groups in total. The van der Waals surface area contributed by atoms with E-state index in [0.29, 0.717) is 11.8 Å². The SMILES string of the molecule is CC(C)c1cc(NC(=O)CN[C@H]2CCc3nc(C(C)C)nn3C2)on1. The summed E-state index contributed by atoms with van der Waals surface area (Å²) in [5.74, 6) is 2.77. The van der Waals surface area contributed by atoms with Crippen molar-refractivity contribution < 1.29 is 9.32 Å². The van der Waals surface area contributed by atoms with E-state index in [0.717, 1.165) is 36.7 Å². The Labute approximate surface area is 147 Å². The van der Waals surface area contributed by atoms with Crippen LogP contribution in [0.25, 0.3) is 0 Å². The van der Waals surface area contributed by atoms with Crippen LogP contribution in [0.2, 0.25) is 0 Å². The van der Waals surface area contributed by atoms with Crippen LogP contribution in [0.3, 0.4) is 0 Å². The summed E-state index contributed by atoms with van der Waals surface area (Å²) >= 11 is 0. The quantitative estimate of drug-likeness (QED) is 0.831. The first-order chi connectivity index (χ1) is 11.9. The maximum absolute atomic E-state index is 12.1. The molecule has 0 fully saturated rings. The molecule has 0 saturated carbocycles. The molecule has 2 aromatic heterocycles. The van der Waals surface area contributed by atoms with Crippen molar-refractivity contribution >= 4 is 11.8 Å². The molecule has 0 spiro atoms. The number of fused-ring (bicyclic) bond motifs is 1. The molecule has 1 aliphatic rings. The third kappa shape index (κ3) is 4.25. The Morgan fingerprint density at radius 1 is 1.36 bits per heavy atom. The largest absolute Gasteiger partial charge is 0.338 e. The number of anilines is 1. The number of nitrogens with one attached hydrogen (secondary N) is 2. The normalized spacial score (nSPS) is 17.1. The zero-order chi connectivity index (χ0) is 18.0. The fraction of sp³-hybridized carbons (Fsp3) is 0.647. The highest BCUT2D eigenvalue weighted by molar-refractivity contribution is 5.90. The van der Waals surface area contributed by atoms with Crippen LogP contribution in [0.1, 0.15) is 63.3 Å². The predicted molar refractivity (Wildman–Crippen MR) is 93.4 cm³/mol. The van der Waals surface area contributed by atoms with E-state index in [-0.39, 0.29) is 24.4 Å². The molecule has 0 bridgehead atoms. The maximum atomic E-state index is 12.1. The van der Waals surface area contributed by atoms with Crippen molar-refractivity contribution in [1.82, 2.24) is 25.2 Å². The van der Waals surface area contributed by atoms with Gasteiger partial charge >= 0.3 is 0 Å². The Morgan fingerprint density at radius 2 is 2.16 bits per heavy atom. The number of carbonyl (C=O) groups is 1. The second kappa shape index (κ2) is 7.35. The van der Waals surface area contributed by atoms with E-state index in [2.05, 4.69) is 39.7 Å². The van der Waals surface area contributed by atoms with Crippen molar-refractivity contribution in [3.05, 3.63) is 23.4 Å². The third-order valence-electron chi connectivity index (χ3n) is 4.32. The van der Waals surface area contributed by atoms with E-state index in [1.54, 1.807) is 6.07 Å². The van der Waals surface area contributed by atoms with Crippen LogP contribution in [-0.4, -0.2) is 38.4 Å². The van der Waals surface area contributed by atoms with Gasteiger partial charge in [0.05, 0.1) is 18.8 Å². The Hall–Kier alpha value is -2.22. The summed E-state index contributed by atoms with van der Waals surface area (Å²) < 4.78 is 7.09. The molecule has 3 rings (SSSR count). The molecule has 3 heterocycles. The number of amides is 1. The molecule has 136 valence electrons. The lowest BCUT2D eigenvalue weighted by Crippen LogP contribution is -2.41.